The van der Waals surface area contributed by atoms with Crippen LogP contribution in [0.2, 0.25) is 10.0 Å². The summed E-state index contributed by atoms with van der Waals surface area (Å²) in [5, 5.41) is 42.9. The van der Waals surface area contributed by atoms with Crippen LogP contribution in [-0.4, -0.2) is 59.5 Å². The quantitative estimate of drug-likeness (QED) is 0.447. The number of aliphatic carboxylic acids is 1. The highest BCUT2D eigenvalue weighted by atomic mass is 35.5. The van der Waals surface area contributed by atoms with Crippen molar-refractivity contribution in [3.63, 3.8) is 0 Å². The van der Waals surface area contributed by atoms with Crippen LogP contribution in [0, 0.1) is 0 Å². The van der Waals surface area contributed by atoms with Gasteiger partial charge in [0.1, 0.15) is 12.2 Å². The van der Waals surface area contributed by atoms with Crippen LogP contribution in [0.5, 0.6) is 0 Å². The molecule has 11 nitrogen and oxygen atoms in total. The Labute approximate surface area is 165 Å². The number of aliphatic hydroxyl groups excluding tert-OH is 3. The Morgan fingerprint density at radius 2 is 1.96 bits per heavy atom. The van der Waals surface area contributed by atoms with Gasteiger partial charge in [0.25, 0.3) is 5.88 Å². The Bertz CT molecular complexity index is 1060. The van der Waals surface area contributed by atoms with Gasteiger partial charge in [0.15, 0.2) is 11.5 Å². The lowest BCUT2D eigenvalue weighted by atomic mass is 10.0. The van der Waals surface area contributed by atoms with Crippen molar-refractivity contribution < 1.29 is 30.0 Å². The molecule has 6 N–H and O–H groups in total. The van der Waals surface area contributed by atoms with Crippen molar-refractivity contribution in [2.24, 2.45) is 0 Å². The molecule has 0 bridgehead atoms. The summed E-state index contributed by atoms with van der Waals surface area (Å²) >= 11 is 12.0. The van der Waals surface area contributed by atoms with Crippen molar-refractivity contribution >= 4 is 41.0 Å². The van der Waals surface area contributed by atoms with Crippen LogP contribution in [0.15, 0.2) is 28.8 Å². The van der Waals surface area contributed by atoms with E-state index >= 15 is 0 Å². The van der Waals surface area contributed by atoms with Crippen LogP contribution >= 0.6 is 23.2 Å². The Balaban J connectivity index is 2.22. The molecule has 1 aliphatic rings. The largest absolute Gasteiger partial charge is 0.505 e. The number of anilines is 1. The number of hydrogen-bond donors (Lipinski definition) is 5. The fourth-order valence-corrected chi connectivity index (χ4v) is 2.85. The maximum absolute atomic E-state index is 12.2. The molecule has 148 valence electrons. The van der Waals surface area contributed by atoms with Crippen LogP contribution in [-0.2, 0) is 9.53 Å². The summed E-state index contributed by atoms with van der Waals surface area (Å²) in [6, 6.07) is 4.40. The van der Waals surface area contributed by atoms with Gasteiger partial charge in [-0.2, -0.15) is 14.8 Å². The zero-order chi connectivity index (χ0) is 20.7. The van der Waals surface area contributed by atoms with Gasteiger partial charge in [-0.25, -0.2) is 4.79 Å². The second-order valence-corrected chi connectivity index (χ2v) is 6.42. The number of aliphatic hydroxyl groups is 3. The summed E-state index contributed by atoms with van der Waals surface area (Å²) in [5.41, 5.74) is 4.51. The summed E-state index contributed by atoms with van der Waals surface area (Å²) in [6.45, 7) is 0. The third-order valence-electron chi connectivity index (χ3n) is 3.85. The number of ether oxygens (including phenoxy) is 1. The standard InChI is InChI=1S/C15H12Cl2N4O7/c16-5-3-1-2-4(6(5)17)7-12(25)19-15(18)21(20-7)13-10(24)8(22)9(23)11(28-13)14(26)27/h1-3,8-9,11,22-24H,(H,26,27)(H2,18,19,25). The van der Waals surface area contributed by atoms with E-state index in [1.165, 1.54) is 18.2 Å². The van der Waals surface area contributed by atoms with Gasteiger partial charge in [-0.15, -0.1) is 0 Å². The van der Waals surface area contributed by atoms with Gasteiger partial charge in [-0.05, 0) is 6.07 Å². The van der Waals surface area contributed by atoms with Crippen LogP contribution in [0.3, 0.4) is 0 Å². The van der Waals surface area contributed by atoms with E-state index in [1.54, 1.807) is 0 Å². The Morgan fingerprint density at radius 1 is 1.29 bits per heavy atom. The van der Waals surface area contributed by atoms with E-state index in [4.69, 9.17) is 38.8 Å². The molecule has 0 aliphatic carbocycles. The molecule has 0 saturated heterocycles. The minimum absolute atomic E-state index is 0.00600. The smallest absolute Gasteiger partial charge is 0.347 e. The minimum Gasteiger partial charge on any atom is -0.505 e. The Hall–Kier alpha value is -2.86. The molecule has 0 spiro atoms. The SMILES string of the molecule is Nc1nc(=O)c(-c2cccc(Cl)c2Cl)nn1C1=C(O)C(O)C(O)C(C(=O)O)O1. The van der Waals surface area contributed by atoms with Gasteiger partial charge in [0, 0.05) is 5.56 Å². The highest BCUT2D eigenvalue weighted by molar-refractivity contribution is 6.43. The molecule has 1 aromatic heterocycles. The predicted octanol–water partition coefficient (Wildman–Crippen LogP) is 0.0836. The lowest BCUT2D eigenvalue weighted by Gasteiger charge is -2.31. The number of halogens is 2. The van der Waals surface area contributed by atoms with Crippen molar-refractivity contribution in [1.82, 2.24) is 14.8 Å². The zero-order valence-corrected chi connectivity index (χ0v) is 15.2. The number of rotatable bonds is 3. The van der Waals surface area contributed by atoms with Gasteiger partial charge in [-0.1, -0.05) is 35.3 Å². The van der Waals surface area contributed by atoms with Gasteiger partial charge < -0.3 is 30.9 Å². The molecule has 3 atom stereocenters. The molecular formula is C15H12Cl2N4O7. The van der Waals surface area contributed by atoms with Crippen molar-refractivity contribution in [3.05, 3.63) is 44.4 Å². The molecule has 3 unspecified atom stereocenters. The van der Waals surface area contributed by atoms with E-state index in [2.05, 4.69) is 10.1 Å². The second-order valence-electron chi connectivity index (χ2n) is 5.64. The van der Waals surface area contributed by atoms with Crippen molar-refractivity contribution in [2.75, 3.05) is 5.73 Å². The van der Waals surface area contributed by atoms with Crippen molar-refractivity contribution in [2.45, 2.75) is 18.3 Å². The first-order valence-corrected chi connectivity index (χ1v) is 8.29. The molecule has 2 aromatic rings. The Morgan fingerprint density at radius 3 is 2.61 bits per heavy atom. The van der Waals surface area contributed by atoms with Gasteiger partial charge in [-0.3, -0.25) is 4.79 Å². The molecule has 1 aromatic carbocycles. The fraction of sp³-hybridized carbons (Fsp3) is 0.200. The Kier molecular flexibility index (Phi) is 5.17. The number of aromatic nitrogens is 3. The molecule has 28 heavy (non-hydrogen) atoms. The van der Waals surface area contributed by atoms with Crippen LogP contribution in [0.1, 0.15) is 0 Å². The normalized spacial score (nSPS) is 22.1. The van der Waals surface area contributed by atoms with Crippen molar-refractivity contribution in [1.29, 1.82) is 0 Å². The summed E-state index contributed by atoms with van der Waals surface area (Å²) in [7, 11) is 0. The molecule has 13 heteroatoms. The maximum Gasteiger partial charge on any atom is 0.347 e. The number of benzene rings is 1. The molecule has 0 fully saturated rings. The third-order valence-corrected chi connectivity index (χ3v) is 4.67. The highest BCUT2D eigenvalue weighted by Crippen LogP contribution is 2.32. The molecule has 1 aliphatic heterocycles. The molecule has 0 saturated carbocycles. The lowest BCUT2D eigenvalue weighted by Crippen LogP contribution is -2.49. The van der Waals surface area contributed by atoms with E-state index in [-0.39, 0.29) is 21.3 Å². The highest BCUT2D eigenvalue weighted by Gasteiger charge is 2.43. The predicted molar refractivity (Wildman–Crippen MR) is 96.5 cm³/mol. The van der Waals surface area contributed by atoms with Gasteiger partial charge in [0.05, 0.1) is 10.0 Å². The van der Waals surface area contributed by atoms with Crippen molar-refractivity contribution in [3.8, 4) is 11.3 Å². The number of carbonyl (C=O) groups is 1. The number of carboxylic acids is 1. The van der Waals surface area contributed by atoms with Gasteiger partial charge in [0.2, 0.25) is 12.1 Å². The maximum atomic E-state index is 12.2. The first-order chi connectivity index (χ1) is 13.1. The van der Waals surface area contributed by atoms with E-state index < -0.39 is 47.4 Å². The average Bonchev–Trinajstić information content (AvgIpc) is 2.63. The number of nitrogens with two attached hydrogens (primary N) is 1. The average molecular weight is 431 g/mol. The fourth-order valence-electron chi connectivity index (χ4n) is 2.46. The molecule has 0 amide bonds. The summed E-state index contributed by atoms with van der Waals surface area (Å²) in [6.07, 6.45) is -5.92. The first-order valence-electron chi connectivity index (χ1n) is 7.53. The molecule has 0 radical (unpaired) electrons. The summed E-state index contributed by atoms with van der Waals surface area (Å²) in [4.78, 5) is 27.0. The van der Waals surface area contributed by atoms with E-state index in [9.17, 15) is 24.9 Å². The second kappa shape index (κ2) is 7.28. The van der Waals surface area contributed by atoms with Crippen LogP contribution < -0.4 is 11.3 Å². The third kappa shape index (κ3) is 3.24. The summed E-state index contributed by atoms with van der Waals surface area (Å²) in [5.74, 6) is -3.89. The number of carboxylic acid groups (broad SMARTS) is 1. The van der Waals surface area contributed by atoms with E-state index in [0.29, 0.717) is 4.68 Å². The number of hydrogen-bond acceptors (Lipinski definition) is 9. The molecule has 2 heterocycles. The van der Waals surface area contributed by atoms with E-state index in [1.807, 2.05) is 0 Å². The van der Waals surface area contributed by atoms with Gasteiger partial charge >= 0.3 is 11.5 Å². The lowest BCUT2D eigenvalue weighted by molar-refractivity contribution is -0.161. The summed E-state index contributed by atoms with van der Waals surface area (Å²) < 4.78 is 5.64. The number of nitrogens with zero attached hydrogens (tertiary/aromatic N) is 3. The van der Waals surface area contributed by atoms with Crippen LogP contribution in [0.4, 0.5) is 5.95 Å². The molecule has 3 rings (SSSR count). The van der Waals surface area contributed by atoms with E-state index in [0.717, 1.165) is 0 Å². The topological polar surface area (TPSA) is 181 Å². The first kappa shape index (κ1) is 19.9. The monoisotopic (exact) mass is 430 g/mol. The number of nitrogen functional groups attached to an aromatic ring is 1. The minimum atomic E-state index is -2.01. The molecular weight excluding hydrogens is 419 g/mol. The van der Waals surface area contributed by atoms with Crippen LogP contribution in [0.25, 0.3) is 17.1 Å². The zero-order valence-electron chi connectivity index (χ0n) is 13.7.